The van der Waals surface area contributed by atoms with E-state index in [4.69, 9.17) is 16.3 Å². The van der Waals surface area contributed by atoms with Gasteiger partial charge in [-0.2, -0.15) is 0 Å². The molecule has 0 unspecified atom stereocenters. The molecule has 0 aliphatic heterocycles. The van der Waals surface area contributed by atoms with Gasteiger partial charge >= 0.3 is 0 Å². The average molecular weight is 387 g/mol. The lowest BCUT2D eigenvalue weighted by Gasteiger charge is -2.11. The number of methoxy groups -OCH3 is 1. The van der Waals surface area contributed by atoms with Crippen molar-refractivity contribution in [1.82, 2.24) is 9.97 Å². The van der Waals surface area contributed by atoms with E-state index in [1.165, 1.54) is 25.6 Å². The van der Waals surface area contributed by atoms with E-state index >= 15 is 0 Å². The second-order valence-corrected chi connectivity index (χ2v) is 5.97. The van der Waals surface area contributed by atoms with Crippen molar-refractivity contribution < 1.29 is 13.9 Å². The number of hydrogen-bond acceptors (Lipinski definition) is 5. The molecule has 3 aromatic rings. The number of aromatic nitrogens is 2. The monoisotopic (exact) mass is 386 g/mol. The molecule has 1 heterocycles. The van der Waals surface area contributed by atoms with E-state index in [9.17, 15) is 9.18 Å². The van der Waals surface area contributed by atoms with Crippen LogP contribution in [0.1, 0.15) is 16.1 Å². The molecule has 6 nitrogen and oxygen atoms in total. The fourth-order valence-electron chi connectivity index (χ4n) is 2.37. The van der Waals surface area contributed by atoms with Gasteiger partial charge in [-0.3, -0.25) is 4.79 Å². The Kier molecular flexibility index (Phi) is 5.83. The summed E-state index contributed by atoms with van der Waals surface area (Å²) in [6.07, 6.45) is 1.26. The molecule has 0 radical (unpaired) electrons. The van der Waals surface area contributed by atoms with Crippen LogP contribution in [0.3, 0.4) is 0 Å². The average Bonchev–Trinajstić information content (AvgIpc) is 2.68. The first-order chi connectivity index (χ1) is 13.1. The molecular weight excluding hydrogens is 371 g/mol. The van der Waals surface area contributed by atoms with Crippen molar-refractivity contribution >= 4 is 29.0 Å². The van der Waals surface area contributed by atoms with Crippen molar-refractivity contribution in [3.8, 4) is 5.75 Å². The van der Waals surface area contributed by atoms with E-state index in [-0.39, 0.29) is 18.1 Å². The van der Waals surface area contributed by atoms with E-state index < -0.39 is 5.91 Å². The lowest BCUT2D eigenvalue weighted by molar-refractivity contribution is 0.102. The van der Waals surface area contributed by atoms with Crippen molar-refractivity contribution in [2.75, 3.05) is 17.7 Å². The first kappa shape index (κ1) is 18.6. The summed E-state index contributed by atoms with van der Waals surface area (Å²) in [5.74, 6) is 0.105. The highest BCUT2D eigenvalue weighted by Crippen LogP contribution is 2.28. The summed E-state index contributed by atoms with van der Waals surface area (Å²) >= 11 is 5.97. The Bertz CT molecular complexity index is 968. The summed E-state index contributed by atoms with van der Waals surface area (Å²) in [6, 6.07) is 12.8. The Morgan fingerprint density at radius 2 is 2.00 bits per heavy atom. The van der Waals surface area contributed by atoms with Crippen LogP contribution in [0.25, 0.3) is 0 Å². The molecule has 0 aliphatic carbocycles. The Labute approximate surface area is 160 Å². The number of ether oxygens (including phenoxy) is 1. The second-order valence-electron chi connectivity index (χ2n) is 5.53. The highest BCUT2D eigenvalue weighted by molar-refractivity contribution is 6.31. The number of anilines is 2. The quantitative estimate of drug-likeness (QED) is 0.665. The molecule has 0 saturated carbocycles. The largest absolute Gasteiger partial charge is 0.495 e. The SMILES string of the molecule is COc1ccc(Cl)cc1NC(=O)c1cc(NCc2ccccc2F)ncn1. The fourth-order valence-corrected chi connectivity index (χ4v) is 2.54. The van der Waals surface area contributed by atoms with Crippen LogP contribution in [-0.2, 0) is 6.54 Å². The molecule has 0 atom stereocenters. The minimum Gasteiger partial charge on any atom is -0.495 e. The number of halogens is 2. The lowest BCUT2D eigenvalue weighted by Crippen LogP contribution is -2.15. The van der Waals surface area contributed by atoms with Gasteiger partial charge in [-0.05, 0) is 24.3 Å². The topological polar surface area (TPSA) is 76.1 Å². The zero-order chi connectivity index (χ0) is 19.2. The van der Waals surface area contributed by atoms with Crippen molar-refractivity contribution in [2.24, 2.45) is 0 Å². The zero-order valence-electron chi connectivity index (χ0n) is 14.4. The van der Waals surface area contributed by atoms with Crippen LogP contribution in [0.5, 0.6) is 5.75 Å². The minimum atomic E-state index is -0.452. The molecule has 1 aromatic heterocycles. The molecule has 8 heteroatoms. The maximum Gasteiger partial charge on any atom is 0.274 e. The van der Waals surface area contributed by atoms with E-state index in [2.05, 4.69) is 20.6 Å². The van der Waals surface area contributed by atoms with E-state index in [1.807, 2.05) is 0 Å². The molecule has 0 aliphatic rings. The molecule has 0 fully saturated rings. The van der Waals surface area contributed by atoms with Gasteiger partial charge in [0.15, 0.2) is 0 Å². The lowest BCUT2D eigenvalue weighted by atomic mass is 10.2. The molecular formula is C19H16ClFN4O2. The molecule has 1 amide bonds. The number of benzene rings is 2. The molecule has 138 valence electrons. The predicted molar refractivity (Wildman–Crippen MR) is 102 cm³/mol. The van der Waals surface area contributed by atoms with Crippen LogP contribution in [0.2, 0.25) is 5.02 Å². The van der Waals surface area contributed by atoms with E-state index in [1.54, 1.807) is 36.4 Å². The molecule has 0 spiro atoms. The molecule has 0 saturated heterocycles. The van der Waals surface area contributed by atoms with Crippen LogP contribution in [0.4, 0.5) is 15.9 Å². The van der Waals surface area contributed by atoms with Crippen LogP contribution in [-0.4, -0.2) is 23.0 Å². The molecule has 3 rings (SSSR count). The summed E-state index contributed by atoms with van der Waals surface area (Å²) in [7, 11) is 1.49. The Balaban J connectivity index is 1.72. The van der Waals surface area contributed by atoms with E-state index in [0.29, 0.717) is 27.8 Å². The third-order valence-corrected chi connectivity index (χ3v) is 3.96. The zero-order valence-corrected chi connectivity index (χ0v) is 15.1. The van der Waals surface area contributed by atoms with Crippen LogP contribution >= 0.6 is 11.6 Å². The van der Waals surface area contributed by atoms with Crippen LogP contribution < -0.4 is 15.4 Å². The molecule has 0 bridgehead atoms. The van der Waals surface area contributed by atoms with Crippen LogP contribution in [0.15, 0.2) is 54.9 Å². The summed E-state index contributed by atoms with van der Waals surface area (Å²) in [6.45, 7) is 0.229. The van der Waals surface area contributed by atoms with Gasteiger partial charge in [0.2, 0.25) is 0 Å². The van der Waals surface area contributed by atoms with Gasteiger partial charge in [-0.1, -0.05) is 29.8 Å². The number of rotatable bonds is 6. The maximum absolute atomic E-state index is 13.7. The normalized spacial score (nSPS) is 10.3. The standard InChI is InChI=1S/C19H16ClFN4O2/c1-27-17-7-6-13(20)8-15(17)25-19(26)16-9-18(24-11-23-16)22-10-12-4-2-3-5-14(12)21/h2-9,11H,10H2,1H3,(H,25,26)(H,22,23,24). The van der Waals surface area contributed by atoms with Gasteiger partial charge in [0.05, 0.1) is 12.8 Å². The Morgan fingerprint density at radius 3 is 2.78 bits per heavy atom. The molecule has 2 aromatic carbocycles. The van der Waals surface area contributed by atoms with Gasteiger partial charge in [0, 0.05) is 23.2 Å². The summed E-state index contributed by atoms with van der Waals surface area (Å²) in [5.41, 5.74) is 1.06. The first-order valence-corrected chi connectivity index (χ1v) is 8.39. The van der Waals surface area contributed by atoms with Crippen LogP contribution in [0, 0.1) is 5.82 Å². The summed E-state index contributed by atoms with van der Waals surface area (Å²) in [5, 5.41) is 6.14. The van der Waals surface area contributed by atoms with Crippen molar-refractivity contribution in [3.05, 3.63) is 77.0 Å². The Hall–Kier alpha value is -3.19. The summed E-state index contributed by atoms with van der Waals surface area (Å²) in [4.78, 5) is 20.5. The van der Waals surface area contributed by atoms with Gasteiger partial charge in [0.1, 0.15) is 29.4 Å². The minimum absolute atomic E-state index is 0.142. The number of amides is 1. The predicted octanol–water partition coefficient (Wildman–Crippen LogP) is 4.14. The Morgan fingerprint density at radius 1 is 1.19 bits per heavy atom. The first-order valence-electron chi connectivity index (χ1n) is 8.01. The summed E-state index contributed by atoms with van der Waals surface area (Å²) < 4.78 is 18.9. The van der Waals surface area contributed by atoms with Gasteiger partial charge in [-0.25, -0.2) is 14.4 Å². The molecule has 27 heavy (non-hydrogen) atoms. The molecule has 2 N–H and O–H groups in total. The van der Waals surface area contributed by atoms with Crippen molar-refractivity contribution in [1.29, 1.82) is 0 Å². The fraction of sp³-hybridized carbons (Fsp3) is 0.105. The third kappa shape index (κ3) is 4.71. The second kappa shape index (κ2) is 8.46. The van der Waals surface area contributed by atoms with Crippen molar-refractivity contribution in [2.45, 2.75) is 6.54 Å². The number of carbonyl (C=O) groups is 1. The van der Waals surface area contributed by atoms with Gasteiger partial charge in [-0.15, -0.1) is 0 Å². The maximum atomic E-state index is 13.7. The van der Waals surface area contributed by atoms with E-state index in [0.717, 1.165) is 0 Å². The van der Waals surface area contributed by atoms with Gasteiger partial charge in [0.25, 0.3) is 5.91 Å². The third-order valence-electron chi connectivity index (χ3n) is 3.73. The number of carbonyl (C=O) groups excluding carboxylic acids is 1. The smallest absolute Gasteiger partial charge is 0.274 e. The van der Waals surface area contributed by atoms with Crippen molar-refractivity contribution in [3.63, 3.8) is 0 Å². The highest BCUT2D eigenvalue weighted by atomic mass is 35.5. The van der Waals surface area contributed by atoms with Gasteiger partial charge < -0.3 is 15.4 Å². The number of hydrogen-bond donors (Lipinski definition) is 2. The number of nitrogens with zero attached hydrogens (tertiary/aromatic N) is 2. The number of nitrogens with one attached hydrogen (secondary N) is 2. The highest BCUT2D eigenvalue weighted by Gasteiger charge is 2.13.